The highest BCUT2D eigenvalue weighted by atomic mass is 35.5. The van der Waals surface area contributed by atoms with Crippen LogP contribution in [0.25, 0.3) is 0 Å². The summed E-state index contributed by atoms with van der Waals surface area (Å²) in [6.07, 6.45) is 0.0428. The number of ketones is 1. The first-order valence-corrected chi connectivity index (χ1v) is 7.73. The van der Waals surface area contributed by atoms with Crippen LogP contribution in [0.15, 0.2) is 42.5 Å². The van der Waals surface area contributed by atoms with Crippen molar-refractivity contribution < 1.29 is 19.4 Å². The Morgan fingerprint density at radius 2 is 1.92 bits per heavy atom. The van der Waals surface area contributed by atoms with Gasteiger partial charge in [-0.15, -0.1) is 0 Å². The fourth-order valence-electron chi connectivity index (χ4n) is 2.81. The quantitative estimate of drug-likeness (QED) is 0.474. The van der Waals surface area contributed by atoms with Gasteiger partial charge < -0.3 is 15.6 Å². The van der Waals surface area contributed by atoms with Crippen LogP contribution < -0.4 is 10.5 Å². The number of carbonyl (C=O) groups is 2. The summed E-state index contributed by atoms with van der Waals surface area (Å²) in [5, 5.41) is 10.3. The maximum atomic E-state index is 13.2. The second-order valence-corrected chi connectivity index (χ2v) is 5.76. The van der Waals surface area contributed by atoms with E-state index in [0.717, 1.165) is 0 Å². The number of hydrogen-bond acceptors (Lipinski definition) is 4. The first-order chi connectivity index (χ1) is 11.4. The van der Waals surface area contributed by atoms with Crippen molar-refractivity contribution in [2.75, 3.05) is 12.8 Å². The molecule has 0 aliphatic rings. The SMILES string of the molecule is CCC(C(=O)O)(C(=O)c1ccc(Cl)cc1OC)c1ccccc1N. The summed E-state index contributed by atoms with van der Waals surface area (Å²) in [5.41, 5.74) is 4.83. The molecular weight excluding hydrogens is 330 g/mol. The van der Waals surface area contributed by atoms with Crippen LogP contribution in [-0.4, -0.2) is 24.0 Å². The predicted molar refractivity (Wildman–Crippen MR) is 92.8 cm³/mol. The molecule has 24 heavy (non-hydrogen) atoms. The number of halogens is 1. The number of methoxy groups -OCH3 is 1. The maximum Gasteiger partial charge on any atom is 0.322 e. The van der Waals surface area contributed by atoms with Gasteiger partial charge in [0, 0.05) is 16.3 Å². The summed E-state index contributed by atoms with van der Waals surface area (Å²) >= 11 is 5.93. The van der Waals surface area contributed by atoms with E-state index in [2.05, 4.69) is 0 Å². The lowest BCUT2D eigenvalue weighted by molar-refractivity contribution is -0.141. The van der Waals surface area contributed by atoms with Crippen molar-refractivity contribution in [3.63, 3.8) is 0 Å². The molecule has 0 heterocycles. The normalized spacial score (nSPS) is 13.1. The van der Waals surface area contributed by atoms with Crippen molar-refractivity contribution >= 4 is 29.0 Å². The van der Waals surface area contributed by atoms with Crippen LogP contribution in [0.3, 0.4) is 0 Å². The van der Waals surface area contributed by atoms with Crippen molar-refractivity contribution in [1.29, 1.82) is 0 Å². The molecule has 2 rings (SSSR count). The van der Waals surface area contributed by atoms with E-state index >= 15 is 0 Å². The van der Waals surface area contributed by atoms with Crippen molar-refractivity contribution in [3.05, 3.63) is 58.6 Å². The molecule has 126 valence electrons. The van der Waals surface area contributed by atoms with E-state index in [0.29, 0.717) is 5.02 Å². The van der Waals surface area contributed by atoms with E-state index in [1.165, 1.54) is 25.3 Å². The molecule has 5 nitrogen and oxygen atoms in total. The minimum absolute atomic E-state index is 0.0428. The predicted octanol–water partition coefficient (Wildman–Crippen LogP) is 3.55. The molecule has 6 heteroatoms. The molecular formula is C18H18ClNO4. The Balaban J connectivity index is 2.72. The Labute approximate surface area is 145 Å². The monoisotopic (exact) mass is 347 g/mol. The average molecular weight is 348 g/mol. The number of para-hydroxylation sites is 1. The van der Waals surface area contributed by atoms with Crippen molar-refractivity contribution in [2.24, 2.45) is 0 Å². The van der Waals surface area contributed by atoms with Crippen molar-refractivity contribution in [1.82, 2.24) is 0 Å². The number of nitrogens with two attached hydrogens (primary N) is 1. The zero-order chi connectivity index (χ0) is 17.9. The lowest BCUT2D eigenvalue weighted by Crippen LogP contribution is -2.44. The third kappa shape index (κ3) is 2.83. The Morgan fingerprint density at radius 3 is 2.46 bits per heavy atom. The summed E-state index contributed by atoms with van der Waals surface area (Å²) in [4.78, 5) is 25.4. The van der Waals surface area contributed by atoms with Gasteiger partial charge in [0.15, 0.2) is 11.2 Å². The second kappa shape index (κ2) is 6.93. The van der Waals surface area contributed by atoms with Crippen LogP contribution in [0, 0.1) is 0 Å². The lowest BCUT2D eigenvalue weighted by Gasteiger charge is -2.29. The summed E-state index contributed by atoms with van der Waals surface area (Å²) in [6.45, 7) is 1.64. The zero-order valence-corrected chi connectivity index (χ0v) is 14.1. The third-order valence-electron chi connectivity index (χ3n) is 4.11. The summed E-state index contributed by atoms with van der Waals surface area (Å²) in [6, 6.07) is 11.0. The largest absolute Gasteiger partial charge is 0.496 e. The van der Waals surface area contributed by atoms with E-state index < -0.39 is 17.2 Å². The average Bonchev–Trinajstić information content (AvgIpc) is 2.56. The van der Waals surface area contributed by atoms with Gasteiger partial charge in [-0.05, 0) is 30.7 Å². The Kier molecular flexibility index (Phi) is 5.14. The topological polar surface area (TPSA) is 89.6 Å². The van der Waals surface area contributed by atoms with Gasteiger partial charge in [0.05, 0.1) is 12.7 Å². The van der Waals surface area contributed by atoms with Crippen molar-refractivity contribution in [3.8, 4) is 5.75 Å². The highest BCUT2D eigenvalue weighted by Gasteiger charge is 2.48. The molecule has 0 aromatic heterocycles. The summed E-state index contributed by atoms with van der Waals surface area (Å²) in [7, 11) is 1.40. The highest BCUT2D eigenvalue weighted by molar-refractivity contribution is 6.31. The first kappa shape index (κ1) is 17.8. The lowest BCUT2D eigenvalue weighted by atomic mass is 9.71. The molecule has 0 fully saturated rings. The molecule has 0 saturated heterocycles. The maximum absolute atomic E-state index is 13.2. The van der Waals surface area contributed by atoms with Gasteiger partial charge in [0.25, 0.3) is 0 Å². The number of ether oxygens (including phenoxy) is 1. The highest BCUT2D eigenvalue weighted by Crippen LogP contribution is 2.38. The molecule has 0 aliphatic carbocycles. The number of carboxylic acid groups (broad SMARTS) is 1. The number of carboxylic acids is 1. The van der Waals surface area contributed by atoms with Crippen LogP contribution >= 0.6 is 11.6 Å². The van der Waals surface area contributed by atoms with Gasteiger partial charge in [0.1, 0.15) is 5.75 Å². The van der Waals surface area contributed by atoms with Gasteiger partial charge in [-0.1, -0.05) is 36.7 Å². The van der Waals surface area contributed by atoms with E-state index in [9.17, 15) is 14.7 Å². The fraction of sp³-hybridized carbons (Fsp3) is 0.222. The van der Waals surface area contributed by atoms with Gasteiger partial charge in [-0.2, -0.15) is 0 Å². The molecule has 2 aromatic rings. The fourth-order valence-corrected chi connectivity index (χ4v) is 2.97. The van der Waals surface area contributed by atoms with Crippen LogP contribution in [0.4, 0.5) is 5.69 Å². The number of anilines is 1. The number of hydrogen-bond donors (Lipinski definition) is 2. The molecule has 1 atom stereocenters. The van der Waals surface area contributed by atoms with E-state index in [-0.39, 0.29) is 29.0 Å². The molecule has 0 spiro atoms. The Hall–Kier alpha value is -2.53. The number of rotatable bonds is 6. The van der Waals surface area contributed by atoms with E-state index in [1.807, 2.05) is 0 Å². The molecule has 0 saturated carbocycles. The second-order valence-electron chi connectivity index (χ2n) is 5.33. The van der Waals surface area contributed by atoms with Crippen molar-refractivity contribution in [2.45, 2.75) is 18.8 Å². The number of benzene rings is 2. The Bertz CT molecular complexity index is 790. The zero-order valence-electron chi connectivity index (χ0n) is 13.4. The number of carbonyl (C=O) groups excluding carboxylic acids is 1. The molecule has 0 aliphatic heterocycles. The molecule has 2 aromatic carbocycles. The Morgan fingerprint density at radius 1 is 1.25 bits per heavy atom. The van der Waals surface area contributed by atoms with E-state index in [1.54, 1.807) is 31.2 Å². The van der Waals surface area contributed by atoms with Crippen LogP contribution in [0.1, 0.15) is 29.3 Å². The van der Waals surface area contributed by atoms with Crippen LogP contribution in [-0.2, 0) is 10.2 Å². The number of nitrogen functional groups attached to an aromatic ring is 1. The molecule has 0 radical (unpaired) electrons. The molecule has 0 bridgehead atoms. The standard InChI is InChI=1S/C18H18ClNO4/c1-3-18(17(22)23,13-6-4-5-7-14(13)20)16(21)12-9-8-11(19)10-15(12)24-2/h4-10H,3,20H2,1-2H3,(H,22,23). The van der Waals surface area contributed by atoms with Gasteiger partial charge in [0.2, 0.25) is 0 Å². The summed E-state index contributed by atoms with van der Waals surface area (Å²) < 4.78 is 5.20. The number of Topliss-reactive ketones (excluding diaryl/α,β-unsaturated/α-hetero) is 1. The molecule has 3 N–H and O–H groups in total. The minimum atomic E-state index is -1.80. The van der Waals surface area contributed by atoms with Crippen LogP contribution in [0.5, 0.6) is 5.75 Å². The summed E-state index contributed by atoms with van der Waals surface area (Å²) in [5.74, 6) is -1.63. The number of aliphatic carboxylic acids is 1. The van der Waals surface area contributed by atoms with E-state index in [4.69, 9.17) is 22.1 Å². The molecule has 1 unspecified atom stereocenters. The minimum Gasteiger partial charge on any atom is -0.496 e. The van der Waals surface area contributed by atoms with Gasteiger partial charge in [-0.25, -0.2) is 0 Å². The van der Waals surface area contributed by atoms with Gasteiger partial charge in [-0.3, -0.25) is 9.59 Å². The van der Waals surface area contributed by atoms with Gasteiger partial charge >= 0.3 is 5.97 Å². The van der Waals surface area contributed by atoms with Crippen LogP contribution in [0.2, 0.25) is 5.02 Å². The first-order valence-electron chi connectivity index (χ1n) is 7.35. The molecule has 0 amide bonds. The smallest absolute Gasteiger partial charge is 0.322 e. The third-order valence-corrected chi connectivity index (χ3v) is 4.35.